The van der Waals surface area contributed by atoms with E-state index in [0.29, 0.717) is 45.7 Å². The molecule has 1 spiro atoms. The number of anilines is 1. The van der Waals surface area contributed by atoms with E-state index < -0.39 is 6.10 Å². The summed E-state index contributed by atoms with van der Waals surface area (Å²) in [6.07, 6.45) is 1.13. The van der Waals surface area contributed by atoms with E-state index in [1.54, 1.807) is 32.2 Å². The fraction of sp³-hybridized carbons (Fsp3) is 0.481. The summed E-state index contributed by atoms with van der Waals surface area (Å²) in [6.45, 7) is 7.15. The van der Waals surface area contributed by atoms with Crippen LogP contribution in [-0.4, -0.2) is 60.3 Å². The number of nitrogens with zero attached hydrogens (tertiary/aromatic N) is 4. The zero-order valence-electron chi connectivity index (χ0n) is 21.6. The van der Waals surface area contributed by atoms with Crippen molar-refractivity contribution >= 4 is 28.8 Å². The Morgan fingerprint density at radius 3 is 2.68 bits per heavy atom. The Labute approximate surface area is 222 Å². The SMILES string of the molecule is CNC[C@@H](O)COc1ccc(Cl)c(-c2nc(C(C(C)=O)=C(C)N)c(C)c(N3CC4(CC(C#N)C4)C3)n2)c1. The second-order valence-corrected chi connectivity index (χ2v) is 10.6. The summed E-state index contributed by atoms with van der Waals surface area (Å²) >= 11 is 6.59. The number of nitriles is 1. The van der Waals surface area contributed by atoms with Crippen molar-refractivity contribution in [3.8, 4) is 23.2 Å². The average Bonchev–Trinajstić information content (AvgIpc) is 2.78. The maximum atomic E-state index is 12.6. The van der Waals surface area contributed by atoms with Crippen molar-refractivity contribution in [3.05, 3.63) is 40.2 Å². The molecule has 10 heteroatoms. The van der Waals surface area contributed by atoms with Crippen LogP contribution in [-0.2, 0) is 4.79 Å². The van der Waals surface area contributed by atoms with Crippen molar-refractivity contribution in [2.24, 2.45) is 17.1 Å². The van der Waals surface area contributed by atoms with Crippen molar-refractivity contribution in [3.63, 3.8) is 0 Å². The van der Waals surface area contributed by atoms with Crippen molar-refractivity contribution in [2.75, 3.05) is 38.2 Å². The van der Waals surface area contributed by atoms with Gasteiger partial charge in [-0.05, 0) is 58.9 Å². The van der Waals surface area contributed by atoms with Gasteiger partial charge in [-0.25, -0.2) is 9.97 Å². The number of aliphatic hydroxyl groups is 1. The lowest BCUT2D eigenvalue weighted by Gasteiger charge is -2.58. The van der Waals surface area contributed by atoms with Crippen LogP contribution in [0.4, 0.5) is 5.82 Å². The highest BCUT2D eigenvalue weighted by Crippen LogP contribution is 2.53. The molecule has 2 heterocycles. The number of ketones is 1. The lowest BCUT2D eigenvalue weighted by Crippen LogP contribution is -2.62. The Morgan fingerprint density at radius 1 is 1.38 bits per heavy atom. The molecule has 0 unspecified atom stereocenters. The molecule has 1 atom stereocenters. The maximum absolute atomic E-state index is 12.6. The predicted octanol–water partition coefficient (Wildman–Crippen LogP) is 3.08. The van der Waals surface area contributed by atoms with Crippen LogP contribution in [0.1, 0.15) is 37.9 Å². The third-order valence-corrected chi connectivity index (χ3v) is 7.39. The van der Waals surface area contributed by atoms with Gasteiger partial charge < -0.3 is 25.8 Å². The zero-order valence-corrected chi connectivity index (χ0v) is 22.4. The number of likely N-dealkylation sites (N-methyl/N-ethyl adjacent to an activating group) is 1. The monoisotopic (exact) mass is 524 g/mol. The summed E-state index contributed by atoms with van der Waals surface area (Å²) in [5, 5.41) is 22.5. The van der Waals surface area contributed by atoms with E-state index in [9.17, 15) is 15.2 Å². The molecule has 196 valence electrons. The Bertz CT molecular complexity index is 1270. The largest absolute Gasteiger partial charge is 0.491 e. The van der Waals surface area contributed by atoms with Gasteiger partial charge >= 0.3 is 0 Å². The summed E-state index contributed by atoms with van der Waals surface area (Å²) in [5.74, 6) is 1.53. The molecule has 1 saturated heterocycles. The third kappa shape index (κ3) is 5.42. The Kier molecular flexibility index (Phi) is 7.74. The van der Waals surface area contributed by atoms with Gasteiger partial charge in [0.05, 0.1) is 22.4 Å². The lowest BCUT2D eigenvalue weighted by atomic mass is 9.58. The molecule has 37 heavy (non-hydrogen) atoms. The standard InChI is InChI=1S/C27H33ClN6O3/c1-15-24(23(16(2)30)17(3)35)32-25(33-26(15)34-13-27(14-34)8-18(9-27)10-29)21-7-20(5-6-22(21)28)37-12-19(36)11-31-4/h5-7,18-19,31,36H,8-9,11-14,30H2,1-4H3/t19-/m1/s1. The predicted molar refractivity (Wildman–Crippen MR) is 143 cm³/mol. The van der Waals surface area contributed by atoms with E-state index >= 15 is 0 Å². The molecule has 0 radical (unpaired) electrons. The fourth-order valence-electron chi connectivity index (χ4n) is 5.31. The summed E-state index contributed by atoms with van der Waals surface area (Å²) in [4.78, 5) is 24.4. The smallest absolute Gasteiger partial charge is 0.163 e. The number of ether oxygens (including phenoxy) is 1. The van der Waals surface area contributed by atoms with Gasteiger partial charge in [0.15, 0.2) is 11.6 Å². The molecule has 9 nitrogen and oxygen atoms in total. The highest BCUT2D eigenvalue weighted by atomic mass is 35.5. The highest BCUT2D eigenvalue weighted by Gasteiger charge is 2.53. The topological polar surface area (TPSA) is 137 Å². The molecule has 2 aromatic rings. The molecular formula is C27H33ClN6O3. The van der Waals surface area contributed by atoms with E-state index in [-0.39, 0.29) is 23.7 Å². The summed E-state index contributed by atoms with van der Waals surface area (Å²) in [6, 6.07) is 7.52. The van der Waals surface area contributed by atoms with Gasteiger partial charge in [0.1, 0.15) is 24.3 Å². The van der Waals surface area contributed by atoms with Gasteiger partial charge in [-0.15, -0.1) is 0 Å². The number of rotatable bonds is 9. The van der Waals surface area contributed by atoms with Crippen LogP contribution < -0.4 is 20.7 Å². The molecule has 1 aromatic heterocycles. The molecule has 1 saturated carbocycles. The number of carbonyl (C=O) groups excluding carboxylic acids is 1. The number of benzene rings is 1. The Hall–Kier alpha value is -3.19. The number of nitrogens with one attached hydrogen (secondary N) is 1. The van der Waals surface area contributed by atoms with E-state index in [4.69, 9.17) is 32.0 Å². The Morgan fingerprint density at radius 2 is 2.08 bits per heavy atom. The zero-order chi connectivity index (χ0) is 26.9. The number of nitrogens with two attached hydrogens (primary N) is 1. The second kappa shape index (κ2) is 10.7. The van der Waals surface area contributed by atoms with Gasteiger partial charge in [0.2, 0.25) is 0 Å². The summed E-state index contributed by atoms with van der Waals surface area (Å²) in [5.41, 5.74) is 8.80. The van der Waals surface area contributed by atoms with Gasteiger partial charge in [0.25, 0.3) is 0 Å². The molecule has 0 amide bonds. The summed E-state index contributed by atoms with van der Waals surface area (Å²) < 4.78 is 5.77. The number of carbonyl (C=O) groups is 1. The van der Waals surface area contributed by atoms with E-state index in [0.717, 1.165) is 37.3 Å². The molecule has 0 bridgehead atoms. The minimum Gasteiger partial charge on any atom is -0.491 e. The van der Waals surface area contributed by atoms with Crippen LogP contribution >= 0.6 is 11.6 Å². The van der Waals surface area contributed by atoms with Gasteiger partial charge in [-0.2, -0.15) is 5.26 Å². The first-order valence-electron chi connectivity index (χ1n) is 12.3. The molecule has 1 aromatic carbocycles. The van der Waals surface area contributed by atoms with E-state index in [2.05, 4.69) is 16.3 Å². The lowest BCUT2D eigenvalue weighted by molar-refractivity contribution is -0.111. The van der Waals surface area contributed by atoms with Gasteiger partial charge in [0, 0.05) is 47.8 Å². The van der Waals surface area contributed by atoms with Crippen LogP contribution in [0.3, 0.4) is 0 Å². The molecule has 4 rings (SSSR count). The van der Waals surface area contributed by atoms with Crippen LogP contribution in [0.5, 0.6) is 5.75 Å². The van der Waals surface area contributed by atoms with Gasteiger partial charge in [-0.3, -0.25) is 4.79 Å². The number of allylic oxidation sites excluding steroid dienone is 2. The number of halogens is 1. The first-order chi connectivity index (χ1) is 17.6. The number of aromatic nitrogens is 2. The molecule has 1 aliphatic carbocycles. The normalized spacial score (nSPS) is 17.9. The molecule has 4 N–H and O–H groups in total. The van der Waals surface area contributed by atoms with Crippen LogP contribution in [0, 0.1) is 29.6 Å². The maximum Gasteiger partial charge on any atom is 0.163 e. The minimum absolute atomic E-state index is 0.107. The number of hydrogen-bond donors (Lipinski definition) is 3. The van der Waals surface area contributed by atoms with Crippen molar-refractivity contribution in [1.82, 2.24) is 15.3 Å². The van der Waals surface area contributed by atoms with Crippen molar-refractivity contribution in [2.45, 2.75) is 39.7 Å². The average molecular weight is 525 g/mol. The first kappa shape index (κ1) is 26.9. The minimum atomic E-state index is -0.667. The fourth-order valence-corrected chi connectivity index (χ4v) is 5.51. The molecule has 2 fully saturated rings. The number of aliphatic hydroxyl groups excluding tert-OH is 1. The first-order valence-corrected chi connectivity index (χ1v) is 12.7. The molecule has 2 aliphatic rings. The highest BCUT2D eigenvalue weighted by molar-refractivity contribution is 6.33. The molecule has 1 aliphatic heterocycles. The number of hydrogen-bond acceptors (Lipinski definition) is 9. The van der Waals surface area contributed by atoms with E-state index in [1.165, 1.54) is 6.92 Å². The number of Topliss-reactive ketones (excluding diaryl/α,β-unsaturated/α-hetero) is 1. The second-order valence-electron chi connectivity index (χ2n) is 10.2. The third-order valence-electron chi connectivity index (χ3n) is 7.06. The quantitative estimate of drug-likeness (QED) is 0.422. The molecular weight excluding hydrogens is 492 g/mol. The van der Waals surface area contributed by atoms with Crippen molar-refractivity contribution in [1.29, 1.82) is 5.26 Å². The van der Waals surface area contributed by atoms with Crippen LogP contribution in [0.2, 0.25) is 5.02 Å². The van der Waals surface area contributed by atoms with Gasteiger partial charge in [-0.1, -0.05) is 11.6 Å². The van der Waals surface area contributed by atoms with E-state index in [1.807, 2.05) is 6.92 Å². The van der Waals surface area contributed by atoms with Crippen LogP contribution in [0.15, 0.2) is 23.9 Å². The summed E-state index contributed by atoms with van der Waals surface area (Å²) in [7, 11) is 1.76. The van der Waals surface area contributed by atoms with Crippen LogP contribution in [0.25, 0.3) is 17.0 Å². The Balaban J connectivity index is 1.74. The van der Waals surface area contributed by atoms with Crippen molar-refractivity contribution < 1.29 is 14.6 Å².